The molecule has 4 aromatic carbocycles. The van der Waals surface area contributed by atoms with Crippen molar-refractivity contribution in [2.75, 3.05) is 49.1 Å². The minimum atomic E-state index is 1.09. The normalized spacial score (nSPS) is 13.4. The van der Waals surface area contributed by atoms with Crippen LogP contribution in [-0.4, -0.2) is 43.9 Å². The second-order valence-corrected chi connectivity index (χ2v) is 14.6. The molecule has 1 heterocycles. The van der Waals surface area contributed by atoms with Gasteiger partial charge in [0.05, 0.1) is 11.4 Å². The third-order valence-electron chi connectivity index (χ3n) is 7.81. The van der Waals surface area contributed by atoms with E-state index in [2.05, 4.69) is 150 Å². The van der Waals surface area contributed by atoms with Crippen molar-refractivity contribution in [3.63, 3.8) is 0 Å². The van der Waals surface area contributed by atoms with Crippen molar-refractivity contribution in [1.29, 1.82) is 0 Å². The van der Waals surface area contributed by atoms with Crippen molar-refractivity contribution in [3.05, 3.63) is 107 Å². The Morgan fingerprint density at radius 1 is 0.614 bits per heavy atom. The second-order valence-electron chi connectivity index (χ2n) is 11.7. The highest BCUT2D eigenvalue weighted by Gasteiger charge is 2.18. The summed E-state index contributed by atoms with van der Waals surface area (Å²) in [5.74, 6) is 0. The number of para-hydroxylation sites is 2. The molecule has 6 heteroatoms. The van der Waals surface area contributed by atoms with Gasteiger partial charge in [-0.3, -0.25) is 4.67 Å². The Labute approximate surface area is 278 Å². The summed E-state index contributed by atoms with van der Waals surface area (Å²) >= 11 is 3.77. The number of anilines is 2. The van der Waals surface area contributed by atoms with Crippen LogP contribution in [0.2, 0.25) is 0 Å². The molecule has 0 spiro atoms. The van der Waals surface area contributed by atoms with Gasteiger partial charge in [-0.15, -0.1) is 0 Å². The molecular formula is C38H50N3PS2. The first kappa shape index (κ1) is 34.4. The lowest BCUT2D eigenvalue weighted by Gasteiger charge is -2.34. The first-order chi connectivity index (χ1) is 21.3. The van der Waals surface area contributed by atoms with E-state index < -0.39 is 0 Å². The van der Waals surface area contributed by atoms with E-state index in [0.717, 1.165) is 39.3 Å². The van der Waals surface area contributed by atoms with E-state index in [9.17, 15) is 0 Å². The molecule has 234 valence electrons. The Kier molecular flexibility index (Phi) is 13.6. The minimum absolute atomic E-state index is 1.09. The van der Waals surface area contributed by atoms with Gasteiger partial charge in [-0.05, 0) is 88.1 Å². The Hall–Kier alpha value is -2.43. The zero-order chi connectivity index (χ0) is 31.5. The van der Waals surface area contributed by atoms with Gasteiger partial charge in [-0.25, -0.2) is 0 Å². The average molecular weight is 644 g/mol. The van der Waals surface area contributed by atoms with E-state index in [0.29, 0.717) is 0 Å². The van der Waals surface area contributed by atoms with Crippen molar-refractivity contribution in [2.45, 2.75) is 74.0 Å². The van der Waals surface area contributed by atoms with E-state index >= 15 is 0 Å². The highest BCUT2D eigenvalue weighted by atomic mass is 32.2. The molecule has 0 N–H and O–H groups in total. The van der Waals surface area contributed by atoms with Gasteiger partial charge in [0.25, 0.3) is 0 Å². The molecule has 44 heavy (non-hydrogen) atoms. The Balaban J connectivity index is 0.000000201. The van der Waals surface area contributed by atoms with Crippen molar-refractivity contribution in [3.8, 4) is 0 Å². The van der Waals surface area contributed by atoms with Crippen LogP contribution in [0.5, 0.6) is 0 Å². The monoisotopic (exact) mass is 643 g/mol. The quantitative estimate of drug-likeness (QED) is 0.159. The van der Waals surface area contributed by atoms with Gasteiger partial charge < -0.3 is 9.80 Å². The average Bonchev–Trinajstić information content (AvgIpc) is 3.01. The predicted octanol–water partition coefficient (Wildman–Crippen LogP) is 10.4. The van der Waals surface area contributed by atoms with E-state index in [-0.39, 0.29) is 0 Å². The topological polar surface area (TPSA) is 9.72 Å². The molecule has 1 unspecified atom stereocenters. The summed E-state index contributed by atoms with van der Waals surface area (Å²) in [7, 11) is 2.81. The van der Waals surface area contributed by atoms with Gasteiger partial charge in [0, 0.05) is 58.9 Å². The van der Waals surface area contributed by atoms with Crippen LogP contribution in [0.3, 0.4) is 0 Å². The molecule has 1 atom stereocenters. The standard InChI is InChI=1S/C20H27NS.C18H23N2PS/c1-5-13-21(14-6-2)18-9-7-8-10-20(18)22-19-12-11-16(3)15-17(19)4;1-14-7-8-17(15(2)13-14)22-18-6-4-3-5-16(18)19-9-11-20(21)12-10-19/h7-12,15H,5-6,13-14H2,1-4H3;3-8,13H,9-12,21H2,1-2H3. The van der Waals surface area contributed by atoms with E-state index in [1.807, 2.05) is 23.5 Å². The molecule has 5 rings (SSSR count). The number of rotatable bonds is 10. The zero-order valence-electron chi connectivity index (χ0n) is 27.5. The molecule has 0 saturated carbocycles. The molecule has 0 bridgehead atoms. The van der Waals surface area contributed by atoms with Crippen molar-refractivity contribution in [2.24, 2.45) is 0 Å². The maximum absolute atomic E-state index is 2.81. The van der Waals surface area contributed by atoms with Gasteiger partial charge in [0.2, 0.25) is 0 Å². The summed E-state index contributed by atoms with van der Waals surface area (Å²) in [6.45, 7) is 19.8. The maximum atomic E-state index is 2.81. The smallest absolute Gasteiger partial charge is 0.0508 e. The summed E-state index contributed by atoms with van der Waals surface area (Å²) in [4.78, 5) is 10.4. The fourth-order valence-corrected chi connectivity index (χ4v) is 7.84. The van der Waals surface area contributed by atoms with Gasteiger partial charge in [0.15, 0.2) is 0 Å². The first-order valence-corrected chi connectivity index (χ1v) is 18.1. The van der Waals surface area contributed by atoms with E-state index in [4.69, 9.17) is 0 Å². The predicted molar refractivity (Wildman–Crippen MR) is 199 cm³/mol. The SMILES string of the molecule is CCCN(CCC)c1ccccc1Sc1ccc(C)cc1C.Cc1ccc(Sc2ccccc2N2CCN(P)CC2)c(C)c1. The summed E-state index contributed by atoms with van der Waals surface area (Å²) < 4.78 is 2.32. The molecule has 0 aromatic heterocycles. The lowest BCUT2D eigenvalue weighted by atomic mass is 10.2. The summed E-state index contributed by atoms with van der Waals surface area (Å²) in [6.07, 6.45) is 2.37. The van der Waals surface area contributed by atoms with Crippen LogP contribution in [0.25, 0.3) is 0 Å². The first-order valence-electron chi connectivity index (χ1n) is 16.0. The Morgan fingerprint density at radius 3 is 1.66 bits per heavy atom. The summed E-state index contributed by atoms with van der Waals surface area (Å²) in [5.41, 5.74) is 8.11. The Morgan fingerprint density at radius 2 is 1.11 bits per heavy atom. The van der Waals surface area contributed by atoms with Gasteiger partial charge >= 0.3 is 0 Å². The second kappa shape index (κ2) is 17.3. The molecule has 1 saturated heterocycles. The Bertz CT molecular complexity index is 1480. The van der Waals surface area contributed by atoms with Crippen LogP contribution in [0.4, 0.5) is 11.4 Å². The molecule has 1 aliphatic heterocycles. The number of benzene rings is 4. The van der Waals surface area contributed by atoms with Crippen LogP contribution in [0, 0.1) is 27.7 Å². The fourth-order valence-electron chi connectivity index (χ4n) is 5.53. The van der Waals surface area contributed by atoms with E-state index in [1.54, 1.807) is 0 Å². The number of aryl methyl sites for hydroxylation is 4. The van der Waals surface area contributed by atoms with Gasteiger partial charge in [-0.2, -0.15) is 0 Å². The largest absolute Gasteiger partial charge is 0.371 e. The third-order valence-corrected chi connectivity index (χ3v) is 10.8. The molecule has 0 amide bonds. The fraction of sp³-hybridized carbons (Fsp3) is 0.368. The highest BCUT2D eigenvalue weighted by Crippen LogP contribution is 2.38. The number of piperazine rings is 1. The van der Waals surface area contributed by atoms with Crippen LogP contribution >= 0.6 is 32.9 Å². The van der Waals surface area contributed by atoms with Crippen molar-refractivity contribution >= 4 is 44.3 Å². The highest BCUT2D eigenvalue weighted by molar-refractivity contribution is 7.99. The maximum Gasteiger partial charge on any atom is 0.0508 e. The number of nitrogens with zero attached hydrogens (tertiary/aromatic N) is 3. The van der Waals surface area contributed by atoms with Crippen LogP contribution in [-0.2, 0) is 0 Å². The van der Waals surface area contributed by atoms with Gasteiger partial charge in [-0.1, -0.05) is 106 Å². The number of hydrogen-bond acceptors (Lipinski definition) is 5. The molecule has 0 radical (unpaired) electrons. The molecule has 4 aromatic rings. The van der Waals surface area contributed by atoms with Crippen LogP contribution < -0.4 is 9.80 Å². The van der Waals surface area contributed by atoms with Crippen molar-refractivity contribution in [1.82, 2.24) is 4.67 Å². The molecule has 1 aliphatic rings. The van der Waals surface area contributed by atoms with E-state index in [1.165, 1.54) is 66.1 Å². The van der Waals surface area contributed by atoms with Crippen LogP contribution in [0.1, 0.15) is 48.9 Å². The van der Waals surface area contributed by atoms with Crippen LogP contribution in [0.15, 0.2) is 105 Å². The minimum Gasteiger partial charge on any atom is -0.371 e. The summed E-state index contributed by atoms with van der Waals surface area (Å²) in [5, 5.41) is 0. The lowest BCUT2D eigenvalue weighted by Crippen LogP contribution is -2.42. The summed E-state index contributed by atoms with van der Waals surface area (Å²) in [6, 6.07) is 31.0. The molecule has 0 aliphatic carbocycles. The lowest BCUT2D eigenvalue weighted by molar-refractivity contribution is 0.428. The van der Waals surface area contributed by atoms with Crippen molar-refractivity contribution < 1.29 is 0 Å². The van der Waals surface area contributed by atoms with Gasteiger partial charge in [0.1, 0.15) is 0 Å². The third kappa shape index (κ3) is 9.78. The zero-order valence-corrected chi connectivity index (χ0v) is 30.3. The number of hydrogen-bond donors (Lipinski definition) is 0. The molecule has 3 nitrogen and oxygen atoms in total. The molecule has 1 fully saturated rings. The molecular weight excluding hydrogens is 594 g/mol.